The van der Waals surface area contributed by atoms with Crippen molar-refractivity contribution in [3.63, 3.8) is 0 Å². The first kappa shape index (κ1) is 12.8. The highest BCUT2D eigenvalue weighted by atomic mass is 16.3. The highest BCUT2D eigenvalue weighted by molar-refractivity contribution is 5.77. The van der Waals surface area contributed by atoms with Crippen LogP contribution in [0.1, 0.15) is 38.5 Å². The largest absolute Gasteiger partial charge is 0.394 e. The van der Waals surface area contributed by atoms with Gasteiger partial charge in [-0.25, -0.2) is 0 Å². The van der Waals surface area contributed by atoms with Gasteiger partial charge in [-0.1, -0.05) is 0 Å². The van der Waals surface area contributed by atoms with Crippen molar-refractivity contribution in [1.29, 1.82) is 0 Å². The second kappa shape index (κ2) is 6.36. The molecule has 0 aromatic heterocycles. The minimum atomic E-state index is 0.0814. The van der Waals surface area contributed by atoms with Crippen LogP contribution in [0.2, 0.25) is 0 Å². The van der Waals surface area contributed by atoms with Crippen molar-refractivity contribution in [2.24, 2.45) is 5.92 Å². The monoisotopic (exact) mass is 240 g/mol. The van der Waals surface area contributed by atoms with Crippen molar-refractivity contribution < 1.29 is 9.90 Å². The fourth-order valence-corrected chi connectivity index (χ4v) is 2.97. The third kappa shape index (κ3) is 3.42. The van der Waals surface area contributed by atoms with Gasteiger partial charge in [-0.2, -0.15) is 0 Å². The Kier molecular flexibility index (Phi) is 4.80. The Morgan fingerprint density at radius 3 is 2.71 bits per heavy atom. The van der Waals surface area contributed by atoms with Crippen LogP contribution in [0.25, 0.3) is 0 Å². The molecular weight excluding hydrogens is 216 g/mol. The van der Waals surface area contributed by atoms with E-state index < -0.39 is 0 Å². The van der Waals surface area contributed by atoms with E-state index in [1.54, 1.807) is 0 Å². The van der Waals surface area contributed by atoms with Crippen LogP contribution in [-0.2, 0) is 4.79 Å². The third-order valence-corrected chi connectivity index (χ3v) is 4.08. The van der Waals surface area contributed by atoms with Gasteiger partial charge in [-0.15, -0.1) is 0 Å². The zero-order valence-electron chi connectivity index (χ0n) is 10.5. The molecule has 2 rings (SSSR count). The maximum absolute atomic E-state index is 12.2. The van der Waals surface area contributed by atoms with E-state index in [2.05, 4.69) is 5.32 Å². The molecule has 0 spiro atoms. The summed E-state index contributed by atoms with van der Waals surface area (Å²) in [4.78, 5) is 14.2. The van der Waals surface area contributed by atoms with E-state index in [4.69, 9.17) is 0 Å². The number of hydrogen-bond acceptors (Lipinski definition) is 3. The van der Waals surface area contributed by atoms with E-state index in [1.807, 2.05) is 4.90 Å². The van der Waals surface area contributed by atoms with Crippen LogP contribution in [-0.4, -0.2) is 48.2 Å². The maximum atomic E-state index is 12.2. The molecule has 17 heavy (non-hydrogen) atoms. The van der Waals surface area contributed by atoms with E-state index in [-0.39, 0.29) is 18.6 Å². The Morgan fingerprint density at radius 1 is 1.24 bits per heavy atom. The zero-order chi connectivity index (χ0) is 12.1. The van der Waals surface area contributed by atoms with Crippen molar-refractivity contribution >= 4 is 5.91 Å². The van der Waals surface area contributed by atoms with Crippen LogP contribution in [0, 0.1) is 5.92 Å². The molecule has 0 aromatic rings. The predicted octanol–water partition coefficient (Wildman–Crippen LogP) is 0.749. The first-order chi connectivity index (χ1) is 8.31. The summed E-state index contributed by atoms with van der Waals surface area (Å²) >= 11 is 0. The standard InChI is InChI=1S/C13H24N2O2/c16-10-12-3-1-2-8-15(12)13(17)9-11-4-6-14-7-5-11/h11-12,14,16H,1-10H2/t12-/m1/s1. The van der Waals surface area contributed by atoms with Gasteiger partial charge in [0.05, 0.1) is 12.6 Å². The predicted molar refractivity (Wildman–Crippen MR) is 66.6 cm³/mol. The van der Waals surface area contributed by atoms with Gasteiger partial charge in [0.2, 0.25) is 5.91 Å². The molecule has 0 aliphatic carbocycles. The molecule has 2 fully saturated rings. The molecule has 1 atom stereocenters. The summed E-state index contributed by atoms with van der Waals surface area (Å²) in [6.07, 6.45) is 6.11. The lowest BCUT2D eigenvalue weighted by atomic mass is 9.93. The molecule has 4 nitrogen and oxygen atoms in total. The fraction of sp³-hybridized carbons (Fsp3) is 0.923. The number of carbonyl (C=O) groups is 1. The molecule has 2 saturated heterocycles. The molecule has 0 aromatic carbocycles. The van der Waals surface area contributed by atoms with Crippen molar-refractivity contribution in [1.82, 2.24) is 10.2 Å². The number of aliphatic hydroxyl groups excluding tert-OH is 1. The highest BCUT2D eigenvalue weighted by Crippen LogP contribution is 2.22. The second-order valence-corrected chi connectivity index (χ2v) is 5.32. The van der Waals surface area contributed by atoms with Crippen molar-refractivity contribution in [3.05, 3.63) is 0 Å². The number of hydrogen-bond donors (Lipinski definition) is 2. The van der Waals surface area contributed by atoms with Gasteiger partial charge < -0.3 is 15.3 Å². The van der Waals surface area contributed by atoms with Gasteiger partial charge >= 0.3 is 0 Å². The van der Waals surface area contributed by atoms with E-state index in [0.717, 1.165) is 51.7 Å². The summed E-state index contributed by atoms with van der Waals surface area (Å²) < 4.78 is 0. The summed E-state index contributed by atoms with van der Waals surface area (Å²) in [5.41, 5.74) is 0. The summed E-state index contributed by atoms with van der Waals surface area (Å²) in [5, 5.41) is 12.6. The molecule has 0 unspecified atom stereocenters. The average molecular weight is 240 g/mol. The number of aliphatic hydroxyl groups is 1. The Balaban J connectivity index is 1.84. The number of amides is 1. The molecular formula is C13H24N2O2. The van der Waals surface area contributed by atoms with Gasteiger partial charge in [0.25, 0.3) is 0 Å². The summed E-state index contributed by atoms with van der Waals surface area (Å²) in [6, 6.07) is 0.0814. The van der Waals surface area contributed by atoms with Crippen molar-refractivity contribution in [3.8, 4) is 0 Å². The molecule has 98 valence electrons. The van der Waals surface area contributed by atoms with E-state index in [0.29, 0.717) is 12.3 Å². The molecule has 2 heterocycles. The van der Waals surface area contributed by atoms with Crippen molar-refractivity contribution in [2.75, 3.05) is 26.2 Å². The van der Waals surface area contributed by atoms with Crippen LogP contribution in [0.5, 0.6) is 0 Å². The molecule has 2 N–H and O–H groups in total. The smallest absolute Gasteiger partial charge is 0.223 e. The topological polar surface area (TPSA) is 52.6 Å². The SMILES string of the molecule is O=C(CC1CCNCC1)N1CCCC[C@@H]1CO. The van der Waals surface area contributed by atoms with Crippen LogP contribution in [0.3, 0.4) is 0 Å². The number of piperidine rings is 2. The normalized spacial score (nSPS) is 27.1. The van der Waals surface area contributed by atoms with Gasteiger partial charge in [-0.05, 0) is 51.1 Å². The van der Waals surface area contributed by atoms with E-state index in [1.165, 1.54) is 0 Å². The molecule has 2 aliphatic heterocycles. The van der Waals surface area contributed by atoms with Crippen LogP contribution < -0.4 is 5.32 Å². The minimum Gasteiger partial charge on any atom is -0.394 e. The summed E-state index contributed by atoms with van der Waals surface area (Å²) in [6.45, 7) is 3.05. The lowest BCUT2D eigenvalue weighted by Crippen LogP contribution is -2.46. The number of nitrogens with zero attached hydrogens (tertiary/aromatic N) is 1. The fourth-order valence-electron chi connectivity index (χ4n) is 2.97. The van der Waals surface area contributed by atoms with E-state index >= 15 is 0 Å². The average Bonchev–Trinajstić information content (AvgIpc) is 2.40. The van der Waals surface area contributed by atoms with Crippen molar-refractivity contribution in [2.45, 2.75) is 44.6 Å². The Labute approximate surface area is 103 Å². The van der Waals surface area contributed by atoms with Crippen LogP contribution >= 0.6 is 0 Å². The number of nitrogens with one attached hydrogen (secondary N) is 1. The maximum Gasteiger partial charge on any atom is 0.223 e. The zero-order valence-corrected chi connectivity index (χ0v) is 10.5. The Morgan fingerprint density at radius 2 is 2.00 bits per heavy atom. The number of likely N-dealkylation sites (tertiary alicyclic amines) is 1. The van der Waals surface area contributed by atoms with E-state index in [9.17, 15) is 9.90 Å². The lowest BCUT2D eigenvalue weighted by molar-refractivity contribution is -0.137. The van der Waals surface area contributed by atoms with Crippen LogP contribution in [0.4, 0.5) is 0 Å². The van der Waals surface area contributed by atoms with Crippen LogP contribution in [0.15, 0.2) is 0 Å². The number of carbonyl (C=O) groups excluding carboxylic acids is 1. The molecule has 0 bridgehead atoms. The highest BCUT2D eigenvalue weighted by Gasteiger charge is 2.27. The quantitative estimate of drug-likeness (QED) is 0.765. The molecule has 4 heteroatoms. The minimum absolute atomic E-state index is 0.0814. The molecule has 0 saturated carbocycles. The lowest BCUT2D eigenvalue weighted by Gasteiger charge is -2.36. The third-order valence-electron chi connectivity index (χ3n) is 4.08. The van der Waals surface area contributed by atoms with Gasteiger partial charge in [0.1, 0.15) is 0 Å². The van der Waals surface area contributed by atoms with Gasteiger partial charge in [-0.3, -0.25) is 4.79 Å². The van der Waals surface area contributed by atoms with Gasteiger partial charge in [0.15, 0.2) is 0 Å². The first-order valence-corrected chi connectivity index (χ1v) is 6.92. The Hall–Kier alpha value is -0.610. The molecule has 0 radical (unpaired) electrons. The molecule has 1 amide bonds. The summed E-state index contributed by atoms with van der Waals surface area (Å²) in [7, 11) is 0. The Bertz CT molecular complexity index is 252. The second-order valence-electron chi connectivity index (χ2n) is 5.32. The molecule has 2 aliphatic rings. The number of rotatable bonds is 3. The van der Waals surface area contributed by atoms with Gasteiger partial charge in [0, 0.05) is 13.0 Å². The summed E-state index contributed by atoms with van der Waals surface area (Å²) in [5.74, 6) is 0.806. The first-order valence-electron chi connectivity index (χ1n) is 6.92.